The number of rotatable bonds is 5. The lowest BCUT2D eigenvalue weighted by molar-refractivity contribution is 0.0646. The van der Waals surface area contributed by atoms with Crippen LogP contribution < -0.4 is 14.4 Å². The van der Waals surface area contributed by atoms with Crippen LogP contribution in [0.15, 0.2) is 48.9 Å². The number of morpholine rings is 1. The third-order valence-corrected chi connectivity index (χ3v) is 7.38. The zero-order valence-electron chi connectivity index (χ0n) is 21.2. The Morgan fingerprint density at radius 3 is 2.38 bits per heavy atom. The van der Waals surface area contributed by atoms with Gasteiger partial charge in [-0.15, -0.1) is 0 Å². The molecular weight excluding hydrogens is 470 g/mol. The van der Waals surface area contributed by atoms with Crippen LogP contribution in [-0.2, 0) is 16.8 Å². The van der Waals surface area contributed by atoms with E-state index >= 15 is 0 Å². The second kappa shape index (κ2) is 9.64. The third-order valence-electron chi connectivity index (χ3n) is 7.38. The first-order chi connectivity index (χ1) is 18.1. The van der Waals surface area contributed by atoms with Crippen molar-refractivity contribution in [2.75, 3.05) is 45.4 Å². The molecule has 1 aromatic carbocycles. The van der Waals surface area contributed by atoms with Crippen LogP contribution in [-0.4, -0.2) is 65.0 Å². The topological polar surface area (TPSA) is 94.2 Å². The van der Waals surface area contributed by atoms with Gasteiger partial charge in [0.2, 0.25) is 5.95 Å². The number of nitrogens with zero attached hydrogens (tertiary/aromatic N) is 5. The molecule has 1 aliphatic heterocycles. The van der Waals surface area contributed by atoms with Crippen molar-refractivity contribution in [2.24, 2.45) is 0 Å². The maximum Gasteiger partial charge on any atom is 0.225 e. The summed E-state index contributed by atoms with van der Waals surface area (Å²) in [5.41, 5.74) is 3.85. The maximum atomic E-state index is 12.3. The number of hydrogen-bond acceptors (Lipinski definition) is 8. The molecule has 0 saturated carbocycles. The van der Waals surface area contributed by atoms with Gasteiger partial charge in [-0.2, -0.15) is 0 Å². The molecule has 192 valence electrons. The number of imidazole rings is 1. The SMILES string of the molecule is COc1cc(OC)cc(C2(O)CCCCc3nc4ccc(-c5cnc(N6CCOCC6)nc5)cn4c32)c1. The molecule has 6 rings (SSSR count). The Morgan fingerprint density at radius 2 is 1.68 bits per heavy atom. The van der Waals surface area contributed by atoms with E-state index in [1.165, 1.54) is 0 Å². The summed E-state index contributed by atoms with van der Waals surface area (Å²) in [6.07, 6.45) is 8.97. The predicted octanol–water partition coefficient (Wildman–Crippen LogP) is 3.61. The van der Waals surface area contributed by atoms with Crippen LogP contribution in [0.5, 0.6) is 11.5 Å². The smallest absolute Gasteiger partial charge is 0.225 e. The Kier molecular flexibility index (Phi) is 6.18. The Morgan fingerprint density at radius 1 is 0.946 bits per heavy atom. The van der Waals surface area contributed by atoms with E-state index in [1.807, 2.05) is 53.3 Å². The summed E-state index contributed by atoms with van der Waals surface area (Å²) in [6.45, 7) is 2.96. The number of methoxy groups -OCH3 is 2. The van der Waals surface area contributed by atoms with Gasteiger partial charge in [-0.3, -0.25) is 4.40 Å². The molecule has 1 saturated heterocycles. The van der Waals surface area contributed by atoms with Gasteiger partial charge in [0.25, 0.3) is 0 Å². The molecule has 1 atom stereocenters. The van der Waals surface area contributed by atoms with Crippen LogP contribution in [0, 0.1) is 0 Å². The van der Waals surface area contributed by atoms with E-state index in [1.54, 1.807) is 14.2 Å². The van der Waals surface area contributed by atoms with Crippen molar-refractivity contribution in [3.05, 3.63) is 65.9 Å². The zero-order chi connectivity index (χ0) is 25.4. The number of anilines is 1. The van der Waals surface area contributed by atoms with Gasteiger partial charge in [-0.1, -0.05) is 0 Å². The molecule has 1 N–H and O–H groups in total. The highest BCUT2D eigenvalue weighted by atomic mass is 16.5. The Balaban J connectivity index is 1.44. The van der Waals surface area contributed by atoms with Crippen molar-refractivity contribution in [2.45, 2.75) is 31.3 Å². The van der Waals surface area contributed by atoms with Crippen LogP contribution in [0.4, 0.5) is 5.95 Å². The quantitative estimate of drug-likeness (QED) is 0.415. The van der Waals surface area contributed by atoms with E-state index < -0.39 is 5.60 Å². The first-order valence-corrected chi connectivity index (χ1v) is 12.7. The largest absolute Gasteiger partial charge is 0.497 e. The fourth-order valence-corrected chi connectivity index (χ4v) is 5.39. The lowest BCUT2D eigenvalue weighted by Gasteiger charge is -2.29. The number of ether oxygens (including phenoxy) is 3. The second-order valence-electron chi connectivity index (χ2n) is 9.59. The van der Waals surface area contributed by atoms with E-state index in [2.05, 4.69) is 14.9 Å². The van der Waals surface area contributed by atoms with E-state index in [9.17, 15) is 5.11 Å². The minimum atomic E-state index is -1.25. The van der Waals surface area contributed by atoms with Gasteiger partial charge in [0.15, 0.2) is 0 Å². The number of fused-ring (bicyclic) bond motifs is 3. The second-order valence-corrected chi connectivity index (χ2v) is 9.59. The zero-order valence-corrected chi connectivity index (χ0v) is 21.2. The van der Waals surface area contributed by atoms with Gasteiger partial charge in [-0.05, 0) is 55.5 Å². The average molecular weight is 502 g/mol. The molecule has 0 radical (unpaired) electrons. The van der Waals surface area contributed by atoms with Crippen LogP contribution in [0.1, 0.15) is 36.2 Å². The molecule has 1 unspecified atom stereocenters. The number of aromatic nitrogens is 4. The van der Waals surface area contributed by atoms with Gasteiger partial charge in [-0.25, -0.2) is 15.0 Å². The number of aliphatic hydroxyl groups is 1. The van der Waals surface area contributed by atoms with E-state index in [0.29, 0.717) is 37.1 Å². The maximum absolute atomic E-state index is 12.3. The van der Waals surface area contributed by atoms with Crippen molar-refractivity contribution in [1.82, 2.24) is 19.4 Å². The number of aryl methyl sites for hydroxylation is 1. The molecule has 9 heteroatoms. The van der Waals surface area contributed by atoms with E-state index in [4.69, 9.17) is 19.2 Å². The van der Waals surface area contributed by atoms with E-state index in [0.717, 1.165) is 66.1 Å². The van der Waals surface area contributed by atoms with Crippen LogP contribution >= 0.6 is 0 Å². The minimum absolute atomic E-state index is 0.575. The molecule has 2 aliphatic rings. The molecule has 0 amide bonds. The molecular formula is C28H31N5O4. The monoisotopic (exact) mass is 501 g/mol. The molecule has 4 aromatic rings. The molecule has 9 nitrogen and oxygen atoms in total. The normalized spacial score (nSPS) is 19.9. The first kappa shape index (κ1) is 23.7. The number of benzene rings is 1. The van der Waals surface area contributed by atoms with Gasteiger partial charge in [0.05, 0.1) is 38.8 Å². The minimum Gasteiger partial charge on any atom is -0.497 e. The fourth-order valence-electron chi connectivity index (χ4n) is 5.39. The highest BCUT2D eigenvalue weighted by Crippen LogP contribution is 2.42. The highest BCUT2D eigenvalue weighted by Gasteiger charge is 2.39. The summed E-state index contributed by atoms with van der Waals surface area (Å²) in [5.74, 6) is 1.99. The third kappa shape index (κ3) is 4.28. The van der Waals surface area contributed by atoms with Crippen molar-refractivity contribution >= 4 is 11.6 Å². The summed E-state index contributed by atoms with van der Waals surface area (Å²) < 4.78 is 18.5. The molecule has 1 aliphatic carbocycles. The van der Waals surface area contributed by atoms with Crippen LogP contribution in [0.3, 0.4) is 0 Å². The molecule has 0 spiro atoms. The van der Waals surface area contributed by atoms with Crippen molar-refractivity contribution < 1.29 is 19.3 Å². The average Bonchev–Trinajstić information content (AvgIpc) is 3.24. The van der Waals surface area contributed by atoms with Gasteiger partial charge >= 0.3 is 0 Å². The number of hydrogen-bond donors (Lipinski definition) is 1. The molecule has 37 heavy (non-hydrogen) atoms. The summed E-state index contributed by atoms with van der Waals surface area (Å²) >= 11 is 0. The molecule has 3 aromatic heterocycles. The van der Waals surface area contributed by atoms with Gasteiger partial charge in [0.1, 0.15) is 22.7 Å². The first-order valence-electron chi connectivity index (χ1n) is 12.7. The lowest BCUT2D eigenvalue weighted by Crippen LogP contribution is -2.37. The van der Waals surface area contributed by atoms with Gasteiger partial charge in [0, 0.05) is 48.9 Å². The summed E-state index contributed by atoms with van der Waals surface area (Å²) in [7, 11) is 3.24. The van der Waals surface area contributed by atoms with Crippen molar-refractivity contribution in [3.63, 3.8) is 0 Å². The summed E-state index contributed by atoms with van der Waals surface area (Å²) in [5, 5.41) is 12.3. The number of pyridine rings is 1. The van der Waals surface area contributed by atoms with Crippen LogP contribution in [0.25, 0.3) is 16.8 Å². The lowest BCUT2D eigenvalue weighted by atomic mass is 9.86. The summed E-state index contributed by atoms with van der Waals surface area (Å²) in [4.78, 5) is 16.3. The van der Waals surface area contributed by atoms with E-state index in [-0.39, 0.29) is 0 Å². The van der Waals surface area contributed by atoms with Gasteiger partial charge < -0.3 is 24.2 Å². The molecule has 0 bridgehead atoms. The van der Waals surface area contributed by atoms with Crippen LogP contribution in [0.2, 0.25) is 0 Å². The fraction of sp³-hybridized carbons (Fsp3) is 0.393. The Labute approximate surface area is 215 Å². The predicted molar refractivity (Wildman–Crippen MR) is 139 cm³/mol. The molecule has 1 fully saturated rings. The Hall–Kier alpha value is -3.69. The highest BCUT2D eigenvalue weighted by molar-refractivity contribution is 5.65. The van der Waals surface area contributed by atoms with Crippen molar-refractivity contribution in [1.29, 1.82) is 0 Å². The molecule has 4 heterocycles. The Bertz CT molecular complexity index is 1390. The van der Waals surface area contributed by atoms with Crippen molar-refractivity contribution in [3.8, 4) is 22.6 Å². The standard InChI is InChI=1S/C28H31N5O4/c1-35-22-13-21(14-23(15-22)36-2)28(34)8-4-3-5-24-26(28)33-18-19(6-7-25(33)31-24)20-16-29-27(30-17-20)32-9-11-37-12-10-32/h6-7,13-18,34H,3-5,8-12H2,1-2H3. The summed E-state index contributed by atoms with van der Waals surface area (Å²) in [6, 6.07) is 9.62.